The van der Waals surface area contributed by atoms with Crippen LogP contribution in [0.3, 0.4) is 0 Å². The van der Waals surface area contributed by atoms with Crippen LogP contribution in [0.25, 0.3) is 0 Å². The third-order valence-corrected chi connectivity index (χ3v) is 5.50. The summed E-state index contributed by atoms with van der Waals surface area (Å²) in [5.74, 6) is 0.397. The first-order valence-electron chi connectivity index (χ1n) is 10.1. The molecule has 2 heterocycles. The summed E-state index contributed by atoms with van der Waals surface area (Å²) in [6.07, 6.45) is 1.50. The van der Waals surface area contributed by atoms with Crippen molar-refractivity contribution in [3.63, 3.8) is 0 Å². The van der Waals surface area contributed by atoms with E-state index in [1.807, 2.05) is 42.5 Å². The Balaban J connectivity index is 1.26. The van der Waals surface area contributed by atoms with E-state index < -0.39 is 0 Å². The summed E-state index contributed by atoms with van der Waals surface area (Å²) < 4.78 is 0. The van der Waals surface area contributed by atoms with Crippen LogP contribution in [0, 0.1) is 0 Å². The molecular weight excluding hydrogens is 368 g/mol. The van der Waals surface area contributed by atoms with Gasteiger partial charge >= 0.3 is 0 Å². The Hall–Kier alpha value is -3.06. The molecule has 152 valence electrons. The second-order valence-corrected chi connectivity index (χ2v) is 7.50. The second kappa shape index (κ2) is 8.53. The molecule has 7 heteroatoms. The Morgan fingerprint density at radius 2 is 1.69 bits per heavy atom. The summed E-state index contributed by atoms with van der Waals surface area (Å²) in [5, 5.41) is 12.9. The number of phenolic OH excluding ortho intramolecular Hbond substituents is 1. The van der Waals surface area contributed by atoms with E-state index in [9.17, 15) is 14.7 Å². The minimum absolute atomic E-state index is 0.0500. The fourth-order valence-electron chi connectivity index (χ4n) is 3.93. The fraction of sp³-hybridized carbons (Fsp3) is 0.364. The molecular formula is C22H26N4O3. The van der Waals surface area contributed by atoms with Gasteiger partial charge in [0.25, 0.3) is 0 Å². The van der Waals surface area contributed by atoms with Gasteiger partial charge in [-0.05, 0) is 42.8 Å². The Bertz CT molecular complexity index is 876. The van der Waals surface area contributed by atoms with Gasteiger partial charge in [-0.2, -0.15) is 0 Å². The first kappa shape index (κ1) is 19.3. The molecule has 2 saturated heterocycles. The van der Waals surface area contributed by atoms with Gasteiger partial charge in [0.1, 0.15) is 5.75 Å². The maximum Gasteiger partial charge on any atom is 0.238 e. The molecule has 2 fully saturated rings. The van der Waals surface area contributed by atoms with Gasteiger partial charge in [-0.15, -0.1) is 0 Å². The Labute approximate surface area is 170 Å². The lowest BCUT2D eigenvalue weighted by molar-refractivity contribution is -0.118. The smallest absolute Gasteiger partial charge is 0.238 e. The molecule has 7 nitrogen and oxygen atoms in total. The van der Waals surface area contributed by atoms with E-state index in [2.05, 4.69) is 15.1 Å². The molecule has 2 aromatic rings. The molecule has 2 N–H and O–H groups in total. The van der Waals surface area contributed by atoms with Crippen molar-refractivity contribution >= 4 is 28.9 Å². The fourth-order valence-corrected chi connectivity index (χ4v) is 3.93. The molecule has 2 aromatic carbocycles. The number of nitrogens with one attached hydrogen (secondary N) is 1. The van der Waals surface area contributed by atoms with Gasteiger partial charge < -0.3 is 20.2 Å². The van der Waals surface area contributed by atoms with E-state index in [-0.39, 0.29) is 17.6 Å². The number of amides is 2. The second-order valence-electron chi connectivity index (χ2n) is 7.50. The zero-order valence-corrected chi connectivity index (χ0v) is 16.4. The van der Waals surface area contributed by atoms with Crippen LogP contribution in [0.4, 0.5) is 17.1 Å². The van der Waals surface area contributed by atoms with E-state index in [0.29, 0.717) is 13.0 Å². The summed E-state index contributed by atoms with van der Waals surface area (Å²) >= 11 is 0. The number of carbonyl (C=O) groups is 2. The van der Waals surface area contributed by atoms with Gasteiger partial charge in [0.15, 0.2) is 0 Å². The third kappa shape index (κ3) is 4.51. The van der Waals surface area contributed by atoms with Crippen molar-refractivity contribution in [1.29, 1.82) is 0 Å². The number of hydrogen-bond donors (Lipinski definition) is 2. The van der Waals surface area contributed by atoms with E-state index in [1.165, 1.54) is 0 Å². The lowest BCUT2D eigenvalue weighted by Crippen LogP contribution is -2.48. The number of rotatable bonds is 5. The van der Waals surface area contributed by atoms with Gasteiger partial charge in [0.2, 0.25) is 11.8 Å². The molecule has 0 unspecified atom stereocenters. The van der Waals surface area contributed by atoms with Gasteiger partial charge in [0.05, 0.1) is 12.2 Å². The zero-order chi connectivity index (χ0) is 20.2. The average Bonchev–Trinajstić information content (AvgIpc) is 3.15. The molecule has 0 spiro atoms. The number of nitrogens with zero attached hydrogens (tertiary/aromatic N) is 3. The highest BCUT2D eigenvalue weighted by molar-refractivity contribution is 5.96. The quantitative estimate of drug-likeness (QED) is 0.814. The number of benzene rings is 2. The molecule has 29 heavy (non-hydrogen) atoms. The predicted octanol–water partition coefficient (Wildman–Crippen LogP) is 2.28. The Morgan fingerprint density at radius 1 is 0.966 bits per heavy atom. The minimum Gasteiger partial charge on any atom is -0.506 e. The number of aromatic hydroxyl groups is 1. The summed E-state index contributed by atoms with van der Waals surface area (Å²) in [5.41, 5.74) is 2.46. The molecule has 0 radical (unpaired) electrons. The first-order chi connectivity index (χ1) is 14.1. The Kier molecular flexibility index (Phi) is 5.67. The summed E-state index contributed by atoms with van der Waals surface area (Å²) in [6, 6.07) is 14.8. The highest BCUT2D eigenvalue weighted by Gasteiger charge is 2.22. The van der Waals surface area contributed by atoms with Crippen LogP contribution >= 0.6 is 0 Å². The standard InChI is InChI=1S/C22H26N4O3/c27-20-5-2-1-4-19(20)25-14-12-24(13-15-25)16-21(28)23-17-7-9-18(10-8-17)26-11-3-6-22(26)29/h1-2,4-5,7-10,27H,3,6,11-16H2,(H,23,28). The van der Waals surface area contributed by atoms with Crippen molar-refractivity contribution < 1.29 is 14.7 Å². The topological polar surface area (TPSA) is 76.1 Å². The van der Waals surface area contributed by atoms with E-state index >= 15 is 0 Å². The summed E-state index contributed by atoms with van der Waals surface area (Å²) in [7, 11) is 0. The van der Waals surface area contributed by atoms with Crippen molar-refractivity contribution in [3.8, 4) is 5.75 Å². The lowest BCUT2D eigenvalue weighted by Gasteiger charge is -2.35. The monoisotopic (exact) mass is 394 g/mol. The number of piperazine rings is 1. The summed E-state index contributed by atoms with van der Waals surface area (Å²) in [4.78, 5) is 30.3. The van der Waals surface area contributed by atoms with Crippen LogP contribution in [0.1, 0.15) is 12.8 Å². The maximum atomic E-state index is 12.4. The van der Waals surface area contributed by atoms with Crippen LogP contribution in [-0.4, -0.2) is 61.1 Å². The average molecular weight is 394 g/mol. The molecule has 0 atom stereocenters. The predicted molar refractivity (Wildman–Crippen MR) is 113 cm³/mol. The van der Waals surface area contributed by atoms with Gasteiger partial charge in [-0.25, -0.2) is 0 Å². The SMILES string of the molecule is O=C(CN1CCN(c2ccccc2O)CC1)Nc1ccc(N2CCCC2=O)cc1. The highest BCUT2D eigenvalue weighted by atomic mass is 16.3. The number of carbonyl (C=O) groups excluding carboxylic acids is 2. The molecule has 4 rings (SSSR count). The highest BCUT2D eigenvalue weighted by Crippen LogP contribution is 2.27. The van der Waals surface area contributed by atoms with Crippen molar-refractivity contribution in [2.45, 2.75) is 12.8 Å². The van der Waals surface area contributed by atoms with Crippen LogP contribution in [-0.2, 0) is 9.59 Å². The molecule has 0 saturated carbocycles. The molecule has 0 aromatic heterocycles. The van der Waals surface area contributed by atoms with Crippen molar-refractivity contribution in [3.05, 3.63) is 48.5 Å². The number of phenols is 1. The largest absolute Gasteiger partial charge is 0.506 e. The third-order valence-electron chi connectivity index (χ3n) is 5.50. The first-order valence-corrected chi connectivity index (χ1v) is 10.1. The van der Waals surface area contributed by atoms with E-state index in [4.69, 9.17) is 0 Å². The normalized spacial score (nSPS) is 17.6. The van der Waals surface area contributed by atoms with Crippen molar-refractivity contribution in [2.75, 3.05) is 54.4 Å². The van der Waals surface area contributed by atoms with Crippen LogP contribution in [0.5, 0.6) is 5.75 Å². The maximum absolute atomic E-state index is 12.4. The van der Waals surface area contributed by atoms with Crippen LogP contribution in [0.2, 0.25) is 0 Å². The van der Waals surface area contributed by atoms with Crippen LogP contribution in [0.15, 0.2) is 48.5 Å². The number of anilines is 3. The molecule has 2 amide bonds. The van der Waals surface area contributed by atoms with Gasteiger partial charge in [-0.3, -0.25) is 14.5 Å². The minimum atomic E-state index is -0.0500. The van der Waals surface area contributed by atoms with Crippen molar-refractivity contribution in [1.82, 2.24) is 4.90 Å². The molecule has 2 aliphatic heterocycles. The number of hydrogen-bond acceptors (Lipinski definition) is 5. The van der Waals surface area contributed by atoms with Gasteiger partial charge in [0, 0.05) is 50.5 Å². The zero-order valence-electron chi connectivity index (χ0n) is 16.4. The Morgan fingerprint density at radius 3 is 2.34 bits per heavy atom. The molecule has 0 aliphatic carbocycles. The van der Waals surface area contributed by atoms with E-state index in [1.54, 1.807) is 11.0 Å². The molecule has 0 bridgehead atoms. The lowest BCUT2D eigenvalue weighted by atomic mass is 10.2. The van der Waals surface area contributed by atoms with E-state index in [0.717, 1.165) is 56.2 Å². The molecule has 2 aliphatic rings. The van der Waals surface area contributed by atoms with Crippen molar-refractivity contribution in [2.24, 2.45) is 0 Å². The summed E-state index contributed by atoms with van der Waals surface area (Å²) in [6.45, 7) is 4.15. The van der Waals surface area contributed by atoms with Crippen LogP contribution < -0.4 is 15.1 Å². The number of para-hydroxylation sites is 2. The van der Waals surface area contributed by atoms with Gasteiger partial charge in [-0.1, -0.05) is 12.1 Å².